The maximum absolute atomic E-state index is 11.1. The Balaban J connectivity index is 1.55. The number of aliphatic hydroxyl groups is 1. The van der Waals surface area contributed by atoms with Gasteiger partial charge in [0.2, 0.25) is 11.8 Å². The molecule has 6 N–H and O–H groups in total. The Bertz CT molecular complexity index is 1820. The van der Waals surface area contributed by atoms with E-state index in [-0.39, 0.29) is 39.2 Å². The fraction of sp³-hybridized carbons (Fsp3) is 0.333. The van der Waals surface area contributed by atoms with Gasteiger partial charge in [0, 0.05) is 19.1 Å². The lowest BCUT2D eigenvalue weighted by Crippen LogP contribution is -2.29. The standard InChI is InChI=1S/C39H46N2O12/c1-25-7-32(43)18-31(39(25)47-3)12-30-11-29(16-35(17-30)51-23-48-19-36(40)44)10-28-9-27(14-34(15-28)50-22-42)8-26-5-4-6-33(13-26)52-24-53-38(21-46-2)49-20-37(41)45/h4-7,9,11,13-18,38,42-43H,8,10,12,19-24H2,1-3H3,(H2,40,44)(H2,41,45). The number of aryl methyl sites for hydroxylation is 1. The minimum atomic E-state index is -0.833. The smallest absolute Gasteiger partial charge is 0.243 e. The maximum atomic E-state index is 11.1. The van der Waals surface area contributed by atoms with Crippen LogP contribution in [0, 0.1) is 6.92 Å². The lowest BCUT2D eigenvalue weighted by molar-refractivity contribution is -0.195. The number of methoxy groups -OCH3 is 2. The van der Waals surface area contributed by atoms with Crippen LogP contribution in [0.3, 0.4) is 0 Å². The number of aliphatic hydroxyl groups excluding tert-OH is 1. The van der Waals surface area contributed by atoms with E-state index in [0.717, 1.165) is 38.9 Å². The zero-order valence-electron chi connectivity index (χ0n) is 30.0. The number of carbonyl (C=O) groups is 2. The molecule has 14 nitrogen and oxygen atoms in total. The summed E-state index contributed by atoms with van der Waals surface area (Å²) in [5.41, 5.74) is 16.5. The number of amides is 2. The minimum absolute atomic E-state index is 0.0846. The van der Waals surface area contributed by atoms with Gasteiger partial charge in [0.15, 0.2) is 26.7 Å². The highest BCUT2D eigenvalue weighted by Crippen LogP contribution is 2.32. The number of carbonyl (C=O) groups excluding carboxylic acids is 2. The monoisotopic (exact) mass is 734 g/mol. The van der Waals surface area contributed by atoms with Crippen molar-refractivity contribution in [3.8, 4) is 28.7 Å². The number of phenols is 1. The number of ether oxygens (including phenoxy) is 8. The number of hydrogen-bond donors (Lipinski definition) is 4. The number of benzene rings is 4. The predicted molar refractivity (Wildman–Crippen MR) is 193 cm³/mol. The van der Waals surface area contributed by atoms with Crippen LogP contribution in [-0.4, -0.2) is 82.7 Å². The molecule has 4 rings (SSSR count). The highest BCUT2D eigenvalue weighted by atomic mass is 16.8. The van der Waals surface area contributed by atoms with Crippen molar-refractivity contribution in [3.05, 3.63) is 112 Å². The van der Waals surface area contributed by atoms with E-state index in [4.69, 9.17) is 49.4 Å². The van der Waals surface area contributed by atoms with E-state index in [1.807, 2.05) is 55.5 Å². The van der Waals surface area contributed by atoms with Crippen molar-refractivity contribution < 1.29 is 57.7 Å². The van der Waals surface area contributed by atoms with Gasteiger partial charge in [-0.3, -0.25) is 9.59 Å². The number of phenolic OH excluding ortho intramolecular Hbond substituents is 1. The topological polar surface area (TPSA) is 200 Å². The molecule has 0 aliphatic rings. The minimum Gasteiger partial charge on any atom is -0.508 e. The van der Waals surface area contributed by atoms with Gasteiger partial charge in [-0.15, -0.1) is 0 Å². The van der Waals surface area contributed by atoms with Gasteiger partial charge in [0.05, 0.1) is 13.7 Å². The molecular weight excluding hydrogens is 688 g/mol. The molecule has 284 valence electrons. The van der Waals surface area contributed by atoms with Crippen molar-refractivity contribution >= 4 is 11.8 Å². The van der Waals surface area contributed by atoms with Crippen molar-refractivity contribution in [2.75, 3.05) is 54.4 Å². The Kier molecular flexibility index (Phi) is 15.7. The zero-order valence-corrected chi connectivity index (χ0v) is 30.0. The molecule has 0 fully saturated rings. The molecule has 4 aromatic carbocycles. The van der Waals surface area contributed by atoms with Gasteiger partial charge in [-0.2, -0.15) is 0 Å². The average Bonchev–Trinajstić information content (AvgIpc) is 3.09. The third kappa shape index (κ3) is 13.6. The van der Waals surface area contributed by atoms with Crippen molar-refractivity contribution in [3.63, 3.8) is 0 Å². The van der Waals surface area contributed by atoms with E-state index in [1.165, 1.54) is 7.11 Å². The molecule has 1 unspecified atom stereocenters. The number of aromatic hydroxyl groups is 1. The lowest BCUT2D eigenvalue weighted by atomic mass is 9.95. The Hall–Kier alpha value is -5.38. The van der Waals surface area contributed by atoms with Crippen LogP contribution in [0.5, 0.6) is 28.7 Å². The largest absolute Gasteiger partial charge is 0.508 e. The summed E-state index contributed by atoms with van der Waals surface area (Å²) < 4.78 is 43.9. The van der Waals surface area contributed by atoms with Gasteiger partial charge >= 0.3 is 0 Å². The molecule has 0 heterocycles. The fourth-order valence-electron chi connectivity index (χ4n) is 5.68. The number of primary amides is 2. The van der Waals surface area contributed by atoms with Crippen LogP contribution in [0.4, 0.5) is 0 Å². The van der Waals surface area contributed by atoms with Crippen LogP contribution in [-0.2, 0) is 47.8 Å². The lowest BCUT2D eigenvalue weighted by Gasteiger charge is -2.17. The Morgan fingerprint density at radius 1 is 0.698 bits per heavy atom. The molecule has 4 aromatic rings. The molecule has 14 heteroatoms. The van der Waals surface area contributed by atoms with Gasteiger partial charge < -0.3 is 59.6 Å². The van der Waals surface area contributed by atoms with Crippen LogP contribution >= 0.6 is 0 Å². The molecular formula is C39H46N2O12. The van der Waals surface area contributed by atoms with Crippen molar-refractivity contribution in [1.82, 2.24) is 0 Å². The third-order valence-corrected chi connectivity index (χ3v) is 7.68. The van der Waals surface area contributed by atoms with E-state index < -0.39 is 24.9 Å². The van der Waals surface area contributed by atoms with E-state index in [2.05, 4.69) is 6.07 Å². The molecule has 0 saturated heterocycles. The first-order valence-corrected chi connectivity index (χ1v) is 16.6. The second-order valence-corrected chi connectivity index (χ2v) is 12.0. The van der Waals surface area contributed by atoms with Crippen LogP contribution in [0.15, 0.2) is 72.8 Å². The van der Waals surface area contributed by atoms with E-state index in [0.29, 0.717) is 42.3 Å². The number of nitrogens with two attached hydrogens (primary N) is 2. The predicted octanol–water partition coefficient (Wildman–Crippen LogP) is 3.48. The Morgan fingerprint density at radius 3 is 1.92 bits per heavy atom. The number of rotatable bonds is 23. The second kappa shape index (κ2) is 20.6. The molecule has 0 aromatic heterocycles. The van der Waals surface area contributed by atoms with Crippen LogP contribution in [0.1, 0.15) is 38.9 Å². The molecule has 0 aliphatic carbocycles. The van der Waals surface area contributed by atoms with Crippen LogP contribution in [0.25, 0.3) is 0 Å². The molecule has 0 radical (unpaired) electrons. The molecule has 1 atom stereocenters. The first-order valence-electron chi connectivity index (χ1n) is 16.6. The number of hydrogen-bond acceptors (Lipinski definition) is 12. The summed E-state index contributed by atoms with van der Waals surface area (Å²) >= 11 is 0. The normalized spacial score (nSPS) is 11.5. The molecule has 2 amide bonds. The Labute approximate surface area is 308 Å². The van der Waals surface area contributed by atoms with E-state index in [1.54, 1.807) is 25.3 Å². The summed E-state index contributed by atoms with van der Waals surface area (Å²) in [6, 6.07) is 22.3. The first kappa shape index (κ1) is 40.4. The molecule has 0 saturated carbocycles. The summed E-state index contributed by atoms with van der Waals surface area (Å²) in [6.45, 7) is 0.523. The van der Waals surface area contributed by atoms with E-state index in [9.17, 15) is 19.8 Å². The molecule has 0 aliphatic heterocycles. The SMILES string of the molecule is COCC(OCOc1cccc(Cc2cc(Cc3cc(Cc4cc(O)cc(C)c4OC)cc(OCOCC(N)=O)c3)cc(OCO)c2)c1)OCC(N)=O. The van der Waals surface area contributed by atoms with Crippen molar-refractivity contribution in [1.29, 1.82) is 0 Å². The molecule has 0 bridgehead atoms. The summed E-state index contributed by atoms with van der Waals surface area (Å²) in [7, 11) is 3.07. The van der Waals surface area contributed by atoms with Gasteiger partial charge in [-0.25, -0.2) is 0 Å². The van der Waals surface area contributed by atoms with Gasteiger partial charge in [-0.05, 0) is 102 Å². The first-order chi connectivity index (χ1) is 25.5. The highest BCUT2D eigenvalue weighted by Gasteiger charge is 2.14. The highest BCUT2D eigenvalue weighted by molar-refractivity contribution is 5.75. The van der Waals surface area contributed by atoms with Gasteiger partial charge in [-0.1, -0.05) is 24.3 Å². The maximum Gasteiger partial charge on any atom is 0.243 e. The fourth-order valence-corrected chi connectivity index (χ4v) is 5.68. The van der Waals surface area contributed by atoms with Crippen molar-refractivity contribution in [2.45, 2.75) is 32.5 Å². The Morgan fingerprint density at radius 2 is 1.30 bits per heavy atom. The van der Waals surface area contributed by atoms with Crippen LogP contribution < -0.4 is 30.4 Å². The van der Waals surface area contributed by atoms with E-state index >= 15 is 0 Å². The van der Waals surface area contributed by atoms with Crippen LogP contribution in [0.2, 0.25) is 0 Å². The zero-order chi connectivity index (χ0) is 38.2. The van der Waals surface area contributed by atoms with Gasteiger partial charge in [0.25, 0.3) is 0 Å². The molecule has 53 heavy (non-hydrogen) atoms. The quantitative estimate of drug-likeness (QED) is 0.0640. The second-order valence-electron chi connectivity index (χ2n) is 12.0. The summed E-state index contributed by atoms with van der Waals surface area (Å²) in [5.74, 6) is 1.12. The van der Waals surface area contributed by atoms with Crippen molar-refractivity contribution in [2.24, 2.45) is 11.5 Å². The van der Waals surface area contributed by atoms with Gasteiger partial charge in [0.1, 0.15) is 42.0 Å². The summed E-state index contributed by atoms with van der Waals surface area (Å²) in [5, 5.41) is 19.9. The summed E-state index contributed by atoms with van der Waals surface area (Å²) in [6.07, 6.45) is 0.588. The molecule has 0 spiro atoms. The average molecular weight is 735 g/mol. The third-order valence-electron chi connectivity index (χ3n) is 7.68. The summed E-state index contributed by atoms with van der Waals surface area (Å²) in [4.78, 5) is 22.2.